The van der Waals surface area contributed by atoms with Crippen molar-refractivity contribution >= 4 is 23.5 Å². The molecule has 3 rings (SSSR count). The monoisotopic (exact) mass is 346 g/mol. The highest BCUT2D eigenvalue weighted by atomic mass is 16.5. The first-order valence-corrected chi connectivity index (χ1v) is 8.40. The van der Waals surface area contributed by atoms with Crippen LogP contribution in [-0.4, -0.2) is 60.1 Å². The molecule has 2 aliphatic rings. The number of carbonyl (C=O) groups excluding carboxylic acids is 2. The summed E-state index contributed by atoms with van der Waals surface area (Å²) in [6.07, 6.45) is -0.579. The Morgan fingerprint density at radius 2 is 1.96 bits per heavy atom. The Labute approximate surface area is 146 Å². The molecule has 1 N–H and O–H groups in total. The molecule has 2 amide bonds. The lowest BCUT2D eigenvalue weighted by Gasteiger charge is -2.32. The fourth-order valence-corrected chi connectivity index (χ4v) is 3.28. The van der Waals surface area contributed by atoms with Gasteiger partial charge in [0.15, 0.2) is 6.10 Å². The molecule has 2 atom stereocenters. The number of aliphatic carboxylic acids is 1. The number of rotatable bonds is 3. The summed E-state index contributed by atoms with van der Waals surface area (Å²) >= 11 is 0. The highest BCUT2D eigenvalue weighted by Crippen LogP contribution is 2.28. The quantitative estimate of drug-likeness (QED) is 0.824. The third-order valence-corrected chi connectivity index (χ3v) is 4.96. The lowest BCUT2D eigenvalue weighted by Crippen LogP contribution is -2.51. The van der Waals surface area contributed by atoms with Gasteiger partial charge in [-0.15, -0.1) is 0 Å². The number of aryl methyl sites for hydroxylation is 2. The Morgan fingerprint density at radius 3 is 2.64 bits per heavy atom. The Balaban J connectivity index is 1.71. The zero-order valence-corrected chi connectivity index (χ0v) is 14.4. The standard InChI is InChI=1S/C18H22N2O5/c1-11-3-4-13(9-12(11)2)20-6-5-14(17(20)22)16(21)19-7-8-25-15(10-19)18(23)24/h3-4,9,14-15H,5-8,10H2,1-2H3,(H,23,24)/t14-,15-/m0/s1. The molecule has 7 heteroatoms. The molecule has 0 unspecified atom stereocenters. The molecule has 134 valence electrons. The van der Waals surface area contributed by atoms with Crippen LogP contribution in [0.2, 0.25) is 0 Å². The van der Waals surface area contributed by atoms with E-state index in [1.54, 1.807) is 4.90 Å². The van der Waals surface area contributed by atoms with Crippen molar-refractivity contribution in [1.82, 2.24) is 4.90 Å². The van der Waals surface area contributed by atoms with E-state index >= 15 is 0 Å². The summed E-state index contributed by atoms with van der Waals surface area (Å²) in [7, 11) is 0. The Hall–Kier alpha value is -2.41. The number of benzene rings is 1. The van der Waals surface area contributed by atoms with E-state index in [1.165, 1.54) is 4.90 Å². The van der Waals surface area contributed by atoms with Crippen LogP contribution in [0.4, 0.5) is 5.69 Å². The van der Waals surface area contributed by atoms with Crippen LogP contribution in [0, 0.1) is 19.8 Å². The van der Waals surface area contributed by atoms with Crippen molar-refractivity contribution in [3.8, 4) is 0 Å². The maximum Gasteiger partial charge on any atom is 0.334 e. The van der Waals surface area contributed by atoms with Gasteiger partial charge in [0.2, 0.25) is 11.8 Å². The summed E-state index contributed by atoms with van der Waals surface area (Å²) < 4.78 is 5.14. The summed E-state index contributed by atoms with van der Waals surface area (Å²) in [6.45, 7) is 4.96. The molecule has 0 aliphatic carbocycles. The maximum atomic E-state index is 12.7. The Bertz CT molecular complexity index is 717. The van der Waals surface area contributed by atoms with Crippen molar-refractivity contribution in [2.75, 3.05) is 31.1 Å². The van der Waals surface area contributed by atoms with Crippen LogP contribution in [0.3, 0.4) is 0 Å². The number of carboxylic acids is 1. The van der Waals surface area contributed by atoms with Gasteiger partial charge in [-0.05, 0) is 43.5 Å². The molecule has 2 fully saturated rings. The summed E-state index contributed by atoms with van der Waals surface area (Å²) in [5, 5.41) is 9.06. The highest BCUT2D eigenvalue weighted by Gasteiger charge is 2.41. The zero-order chi connectivity index (χ0) is 18.1. The number of nitrogens with zero attached hydrogens (tertiary/aromatic N) is 2. The Kier molecular flexibility index (Phi) is 4.76. The molecule has 0 aromatic heterocycles. The van der Waals surface area contributed by atoms with Gasteiger partial charge in [0, 0.05) is 18.8 Å². The van der Waals surface area contributed by atoms with Crippen LogP contribution >= 0.6 is 0 Å². The van der Waals surface area contributed by atoms with Crippen molar-refractivity contribution in [1.29, 1.82) is 0 Å². The molecular weight excluding hydrogens is 324 g/mol. The lowest BCUT2D eigenvalue weighted by molar-refractivity contribution is -0.160. The first kappa shape index (κ1) is 17.4. The van der Waals surface area contributed by atoms with Gasteiger partial charge in [-0.3, -0.25) is 9.59 Å². The highest BCUT2D eigenvalue weighted by molar-refractivity contribution is 6.09. The van der Waals surface area contributed by atoms with E-state index in [9.17, 15) is 14.4 Å². The molecule has 0 radical (unpaired) electrons. The fourth-order valence-electron chi connectivity index (χ4n) is 3.28. The van der Waals surface area contributed by atoms with E-state index in [4.69, 9.17) is 9.84 Å². The van der Waals surface area contributed by atoms with E-state index in [-0.39, 0.29) is 25.0 Å². The van der Waals surface area contributed by atoms with Gasteiger partial charge in [0.1, 0.15) is 5.92 Å². The first-order chi connectivity index (χ1) is 11.9. The smallest absolute Gasteiger partial charge is 0.334 e. The number of hydrogen-bond donors (Lipinski definition) is 1. The number of morpholine rings is 1. The number of carboxylic acid groups (broad SMARTS) is 1. The average molecular weight is 346 g/mol. The van der Waals surface area contributed by atoms with Crippen LogP contribution in [0.1, 0.15) is 17.5 Å². The van der Waals surface area contributed by atoms with Crippen molar-refractivity contribution in [2.45, 2.75) is 26.4 Å². The van der Waals surface area contributed by atoms with Gasteiger partial charge in [-0.25, -0.2) is 4.79 Å². The molecule has 1 aromatic carbocycles. The van der Waals surface area contributed by atoms with Crippen LogP contribution in [0.25, 0.3) is 0 Å². The number of carbonyl (C=O) groups is 3. The van der Waals surface area contributed by atoms with Gasteiger partial charge in [-0.2, -0.15) is 0 Å². The molecule has 0 spiro atoms. The normalized spacial score (nSPS) is 23.8. The number of amides is 2. The van der Waals surface area contributed by atoms with Crippen molar-refractivity contribution < 1.29 is 24.2 Å². The lowest BCUT2D eigenvalue weighted by atomic mass is 10.1. The second-order valence-corrected chi connectivity index (χ2v) is 6.58. The van der Waals surface area contributed by atoms with Gasteiger partial charge < -0.3 is 19.6 Å². The molecule has 25 heavy (non-hydrogen) atoms. The third-order valence-electron chi connectivity index (χ3n) is 4.96. The average Bonchev–Trinajstić information content (AvgIpc) is 2.98. The van der Waals surface area contributed by atoms with Crippen LogP contribution in [-0.2, 0) is 19.1 Å². The molecular formula is C18H22N2O5. The molecule has 0 saturated carbocycles. The summed E-state index contributed by atoms with van der Waals surface area (Å²) in [5.74, 6) is -2.35. The number of hydrogen-bond acceptors (Lipinski definition) is 4. The Morgan fingerprint density at radius 1 is 1.20 bits per heavy atom. The fraction of sp³-hybridized carbons (Fsp3) is 0.500. The van der Waals surface area contributed by atoms with Gasteiger partial charge in [0.25, 0.3) is 0 Å². The minimum atomic E-state index is -1.09. The van der Waals surface area contributed by atoms with E-state index in [2.05, 4.69) is 0 Å². The molecule has 2 saturated heterocycles. The zero-order valence-electron chi connectivity index (χ0n) is 14.4. The predicted molar refractivity (Wildman–Crippen MR) is 90.3 cm³/mol. The van der Waals surface area contributed by atoms with Gasteiger partial charge in [0.05, 0.1) is 13.2 Å². The molecule has 0 bridgehead atoms. The van der Waals surface area contributed by atoms with Gasteiger partial charge in [-0.1, -0.05) is 6.07 Å². The predicted octanol–water partition coefficient (Wildman–Crippen LogP) is 0.968. The number of ether oxygens (including phenoxy) is 1. The molecule has 2 heterocycles. The minimum absolute atomic E-state index is 0.0123. The van der Waals surface area contributed by atoms with Crippen molar-refractivity contribution in [3.05, 3.63) is 29.3 Å². The second kappa shape index (κ2) is 6.84. The van der Waals surface area contributed by atoms with Crippen LogP contribution in [0.15, 0.2) is 18.2 Å². The summed E-state index contributed by atoms with van der Waals surface area (Å²) in [4.78, 5) is 39.6. The minimum Gasteiger partial charge on any atom is -0.479 e. The molecule has 1 aromatic rings. The summed E-state index contributed by atoms with van der Waals surface area (Å²) in [5.41, 5.74) is 3.04. The molecule has 7 nitrogen and oxygen atoms in total. The van der Waals surface area contributed by atoms with E-state index in [0.29, 0.717) is 19.5 Å². The molecule has 2 aliphatic heterocycles. The van der Waals surface area contributed by atoms with Crippen LogP contribution in [0.5, 0.6) is 0 Å². The van der Waals surface area contributed by atoms with Crippen LogP contribution < -0.4 is 4.90 Å². The van der Waals surface area contributed by atoms with Crippen molar-refractivity contribution in [2.24, 2.45) is 5.92 Å². The maximum absolute atomic E-state index is 12.7. The largest absolute Gasteiger partial charge is 0.479 e. The number of anilines is 1. The SMILES string of the molecule is Cc1ccc(N2CC[C@@H](C(=O)N3CCO[C@H](C(=O)O)C3)C2=O)cc1C. The van der Waals surface area contributed by atoms with Crippen molar-refractivity contribution in [3.63, 3.8) is 0 Å². The van der Waals surface area contributed by atoms with E-state index in [1.807, 2.05) is 32.0 Å². The van der Waals surface area contributed by atoms with E-state index < -0.39 is 18.0 Å². The summed E-state index contributed by atoms with van der Waals surface area (Å²) in [6, 6.07) is 5.81. The van der Waals surface area contributed by atoms with Gasteiger partial charge >= 0.3 is 5.97 Å². The van der Waals surface area contributed by atoms with E-state index in [0.717, 1.165) is 16.8 Å². The first-order valence-electron chi connectivity index (χ1n) is 8.40. The third kappa shape index (κ3) is 3.37. The second-order valence-electron chi connectivity index (χ2n) is 6.58. The topological polar surface area (TPSA) is 87.2 Å².